The zero-order chi connectivity index (χ0) is 17.8. The van der Waals surface area contributed by atoms with Crippen molar-refractivity contribution in [2.75, 3.05) is 23.4 Å². The van der Waals surface area contributed by atoms with Crippen LogP contribution in [0.2, 0.25) is 0 Å². The molecule has 25 heavy (non-hydrogen) atoms. The first-order valence-electron chi connectivity index (χ1n) is 7.94. The first-order valence-corrected chi connectivity index (χ1v) is 7.94. The Hall–Kier alpha value is -3.23. The normalized spacial score (nSPS) is 13.6. The summed E-state index contributed by atoms with van der Waals surface area (Å²) in [5, 5.41) is 11.5. The topological polar surface area (TPSA) is 113 Å². The van der Waals surface area contributed by atoms with E-state index in [-0.39, 0.29) is 17.3 Å². The molecular weight excluding hydrogens is 324 g/mol. The van der Waals surface area contributed by atoms with Gasteiger partial charge >= 0.3 is 5.69 Å². The zero-order valence-corrected chi connectivity index (χ0v) is 13.7. The van der Waals surface area contributed by atoms with E-state index in [0.29, 0.717) is 18.7 Å². The number of nitrogens with zero attached hydrogens (tertiary/aromatic N) is 4. The SMILES string of the molecule is Cc1ccccc1C(=O)NNc1ncnc(N2CCCC2)c1[N+](=O)[O-]. The minimum atomic E-state index is -0.532. The maximum atomic E-state index is 12.3. The van der Waals surface area contributed by atoms with Crippen molar-refractivity contribution in [3.63, 3.8) is 0 Å². The second-order valence-electron chi connectivity index (χ2n) is 5.74. The van der Waals surface area contributed by atoms with E-state index in [0.717, 1.165) is 18.4 Å². The molecule has 3 rings (SSSR count). The molecule has 0 unspecified atom stereocenters. The molecule has 2 aromatic rings. The Kier molecular flexibility index (Phi) is 4.73. The van der Waals surface area contributed by atoms with Gasteiger partial charge in [-0.25, -0.2) is 9.97 Å². The number of nitro groups is 1. The number of aromatic nitrogens is 2. The average molecular weight is 342 g/mol. The third-order valence-corrected chi connectivity index (χ3v) is 4.08. The fourth-order valence-electron chi connectivity index (χ4n) is 2.80. The third-order valence-electron chi connectivity index (χ3n) is 4.08. The molecule has 2 heterocycles. The number of carbonyl (C=O) groups is 1. The standard InChI is InChI=1S/C16H18N6O3/c1-11-6-2-3-7-12(11)16(23)20-19-14-13(22(24)25)15(18-10-17-14)21-8-4-5-9-21/h2-3,6-7,10H,4-5,8-9H2,1H3,(H,20,23)(H,17,18,19). The quantitative estimate of drug-likeness (QED) is 0.631. The van der Waals surface area contributed by atoms with Crippen molar-refractivity contribution in [2.24, 2.45) is 0 Å². The lowest BCUT2D eigenvalue weighted by molar-refractivity contribution is -0.383. The van der Waals surface area contributed by atoms with Crippen LogP contribution in [-0.4, -0.2) is 33.9 Å². The molecule has 1 amide bonds. The van der Waals surface area contributed by atoms with Crippen LogP contribution < -0.4 is 15.8 Å². The van der Waals surface area contributed by atoms with Crippen molar-refractivity contribution in [3.8, 4) is 0 Å². The Balaban J connectivity index is 1.82. The second kappa shape index (κ2) is 7.12. The molecule has 0 spiro atoms. The Bertz CT molecular complexity index is 804. The Morgan fingerprint density at radius 1 is 1.24 bits per heavy atom. The van der Waals surface area contributed by atoms with E-state index >= 15 is 0 Å². The largest absolute Gasteiger partial charge is 0.355 e. The Morgan fingerprint density at radius 2 is 1.96 bits per heavy atom. The van der Waals surface area contributed by atoms with Gasteiger partial charge in [0, 0.05) is 18.7 Å². The molecule has 0 bridgehead atoms. The Morgan fingerprint density at radius 3 is 2.64 bits per heavy atom. The first kappa shape index (κ1) is 16.6. The summed E-state index contributed by atoms with van der Waals surface area (Å²) in [6, 6.07) is 7.07. The fourth-order valence-corrected chi connectivity index (χ4v) is 2.80. The molecule has 1 aliphatic heterocycles. The summed E-state index contributed by atoms with van der Waals surface area (Å²) in [6.07, 6.45) is 3.19. The molecule has 9 heteroatoms. The van der Waals surface area contributed by atoms with Crippen LogP contribution in [-0.2, 0) is 0 Å². The highest BCUT2D eigenvalue weighted by molar-refractivity contribution is 5.96. The van der Waals surface area contributed by atoms with Crippen LogP contribution in [0.1, 0.15) is 28.8 Å². The summed E-state index contributed by atoms with van der Waals surface area (Å²) >= 11 is 0. The number of nitrogens with one attached hydrogen (secondary N) is 2. The summed E-state index contributed by atoms with van der Waals surface area (Å²) in [6.45, 7) is 3.24. The van der Waals surface area contributed by atoms with E-state index in [2.05, 4.69) is 20.8 Å². The summed E-state index contributed by atoms with van der Waals surface area (Å²) in [5.74, 6) is -0.164. The lowest BCUT2D eigenvalue weighted by Crippen LogP contribution is -2.31. The van der Waals surface area contributed by atoms with Gasteiger partial charge in [0.15, 0.2) is 0 Å². The van der Waals surface area contributed by atoms with Crippen molar-refractivity contribution < 1.29 is 9.72 Å². The summed E-state index contributed by atoms with van der Waals surface area (Å²) in [7, 11) is 0. The van der Waals surface area contributed by atoms with Gasteiger partial charge in [-0.15, -0.1) is 0 Å². The molecule has 9 nitrogen and oxygen atoms in total. The highest BCUT2D eigenvalue weighted by Crippen LogP contribution is 2.33. The van der Waals surface area contributed by atoms with E-state index in [1.54, 1.807) is 12.1 Å². The van der Waals surface area contributed by atoms with E-state index in [9.17, 15) is 14.9 Å². The number of amides is 1. The number of hydrogen-bond acceptors (Lipinski definition) is 7. The van der Waals surface area contributed by atoms with E-state index in [1.807, 2.05) is 24.0 Å². The zero-order valence-electron chi connectivity index (χ0n) is 13.7. The average Bonchev–Trinajstić information content (AvgIpc) is 3.14. The van der Waals surface area contributed by atoms with Gasteiger partial charge in [0.05, 0.1) is 4.92 Å². The molecule has 0 atom stereocenters. The lowest BCUT2D eigenvalue weighted by atomic mass is 10.1. The molecule has 0 aliphatic carbocycles. The number of benzene rings is 1. The van der Waals surface area contributed by atoms with Crippen LogP contribution in [0.25, 0.3) is 0 Å². The fraction of sp³-hybridized carbons (Fsp3) is 0.312. The number of rotatable bonds is 5. The van der Waals surface area contributed by atoms with Crippen molar-refractivity contribution in [1.82, 2.24) is 15.4 Å². The molecule has 1 aromatic heterocycles. The van der Waals surface area contributed by atoms with Gasteiger partial charge in [-0.1, -0.05) is 18.2 Å². The van der Waals surface area contributed by atoms with Gasteiger partial charge in [0.2, 0.25) is 11.6 Å². The summed E-state index contributed by atoms with van der Waals surface area (Å²) in [4.78, 5) is 33.1. The number of carbonyl (C=O) groups excluding carboxylic acids is 1. The summed E-state index contributed by atoms with van der Waals surface area (Å²) in [5.41, 5.74) is 6.07. The summed E-state index contributed by atoms with van der Waals surface area (Å²) < 4.78 is 0. The number of anilines is 2. The van der Waals surface area contributed by atoms with Gasteiger partial charge in [-0.3, -0.25) is 25.8 Å². The minimum absolute atomic E-state index is 0.0381. The van der Waals surface area contributed by atoms with Gasteiger partial charge < -0.3 is 4.90 Å². The van der Waals surface area contributed by atoms with Crippen LogP contribution in [0.5, 0.6) is 0 Å². The van der Waals surface area contributed by atoms with Crippen LogP contribution in [0.3, 0.4) is 0 Å². The van der Waals surface area contributed by atoms with Crippen LogP contribution >= 0.6 is 0 Å². The van der Waals surface area contributed by atoms with E-state index < -0.39 is 10.8 Å². The molecule has 1 fully saturated rings. The van der Waals surface area contributed by atoms with Crippen molar-refractivity contribution >= 4 is 23.2 Å². The van der Waals surface area contributed by atoms with E-state index in [1.165, 1.54) is 6.33 Å². The molecular formula is C16H18N6O3. The van der Waals surface area contributed by atoms with Gasteiger partial charge in [-0.05, 0) is 31.4 Å². The molecule has 1 aromatic carbocycles. The molecule has 0 saturated carbocycles. The molecule has 1 saturated heterocycles. The first-order chi connectivity index (χ1) is 12.1. The molecule has 0 radical (unpaired) electrons. The maximum Gasteiger partial charge on any atom is 0.355 e. The predicted octanol–water partition coefficient (Wildman–Crippen LogP) is 2.05. The minimum Gasteiger partial charge on any atom is -0.351 e. The number of hydrazine groups is 1. The smallest absolute Gasteiger partial charge is 0.351 e. The van der Waals surface area contributed by atoms with Gasteiger partial charge in [0.1, 0.15) is 6.33 Å². The highest BCUT2D eigenvalue weighted by Gasteiger charge is 2.28. The molecule has 1 aliphatic rings. The molecule has 2 N–H and O–H groups in total. The van der Waals surface area contributed by atoms with Gasteiger partial charge in [-0.2, -0.15) is 0 Å². The van der Waals surface area contributed by atoms with E-state index in [4.69, 9.17) is 0 Å². The van der Waals surface area contributed by atoms with Crippen molar-refractivity contribution in [1.29, 1.82) is 0 Å². The monoisotopic (exact) mass is 342 g/mol. The van der Waals surface area contributed by atoms with Gasteiger partial charge in [0.25, 0.3) is 5.91 Å². The van der Waals surface area contributed by atoms with Crippen molar-refractivity contribution in [3.05, 3.63) is 51.8 Å². The third kappa shape index (κ3) is 3.49. The predicted molar refractivity (Wildman–Crippen MR) is 92.4 cm³/mol. The highest BCUT2D eigenvalue weighted by atomic mass is 16.6. The maximum absolute atomic E-state index is 12.3. The van der Waals surface area contributed by atoms with Crippen LogP contribution in [0.15, 0.2) is 30.6 Å². The second-order valence-corrected chi connectivity index (χ2v) is 5.74. The number of hydrogen-bond donors (Lipinski definition) is 2. The number of aryl methyl sites for hydroxylation is 1. The Labute approximate surface area is 144 Å². The van der Waals surface area contributed by atoms with Crippen molar-refractivity contribution in [2.45, 2.75) is 19.8 Å². The van der Waals surface area contributed by atoms with Crippen LogP contribution in [0, 0.1) is 17.0 Å². The van der Waals surface area contributed by atoms with Crippen LogP contribution in [0.4, 0.5) is 17.3 Å². The molecule has 130 valence electrons. The lowest BCUT2D eigenvalue weighted by Gasteiger charge is -2.17.